The normalized spacial score (nSPS) is 10.5. The third-order valence-corrected chi connectivity index (χ3v) is 5.00. The van der Waals surface area contributed by atoms with Crippen LogP contribution < -0.4 is 15.2 Å². The standard InChI is InChI=1S/C20H22N4O3S/c1-3-24(20(25)18-19(21)23-9-8-22-18)12-14-6-7-16(17(11-14)26-2)27-13-15-5-4-10-28-15/h4-11H,3,12-13H2,1-2H3,(H2,21,23). The summed E-state index contributed by atoms with van der Waals surface area (Å²) in [6.45, 7) is 3.29. The van der Waals surface area contributed by atoms with Crippen molar-refractivity contribution < 1.29 is 14.3 Å². The van der Waals surface area contributed by atoms with Gasteiger partial charge in [0.1, 0.15) is 6.61 Å². The maximum atomic E-state index is 12.7. The molecule has 0 spiro atoms. The minimum atomic E-state index is -0.259. The van der Waals surface area contributed by atoms with Crippen LogP contribution in [0.4, 0.5) is 5.82 Å². The lowest BCUT2D eigenvalue weighted by molar-refractivity contribution is 0.0747. The number of rotatable bonds is 8. The van der Waals surface area contributed by atoms with Crippen molar-refractivity contribution in [3.05, 3.63) is 64.2 Å². The molecule has 2 aromatic heterocycles. The van der Waals surface area contributed by atoms with E-state index < -0.39 is 0 Å². The highest BCUT2D eigenvalue weighted by molar-refractivity contribution is 7.09. The fourth-order valence-corrected chi connectivity index (χ4v) is 3.30. The highest BCUT2D eigenvalue weighted by Crippen LogP contribution is 2.30. The van der Waals surface area contributed by atoms with Gasteiger partial charge in [0.25, 0.3) is 5.91 Å². The summed E-state index contributed by atoms with van der Waals surface area (Å²) < 4.78 is 11.3. The van der Waals surface area contributed by atoms with Crippen LogP contribution in [-0.2, 0) is 13.2 Å². The number of hydrogen-bond acceptors (Lipinski definition) is 7. The van der Waals surface area contributed by atoms with E-state index in [1.165, 1.54) is 12.4 Å². The number of thiophene rings is 1. The lowest BCUT2D eigenvalue weighted by Crippen LogP contribution is -2.31. The largest absolute Gasteiger partial charge is 0.493 e. The molecular formula is C20H22N4O3S. The van der Waals surface area contributed by atoms with Crippen LogP contribution in [-0.4, -0.2) is 34.4 Å². The fraction of sp³-hybridized carbons (Fsp3) is 0.250. The molecule has 146 valence electrons. The zero-order valence-electron chi connectivity index (χ0n) is 15.8. The van der Waals surface area contributed by atoms with E-state index in [1.807, 2.05) is 42.6 Å². The summed E-state index contributed by atoms with van der Waals surface area (Å²) in [5, 5.41) is 2.01. The summed E-state index contributed by atoms with van der Waals surface area (Å²) in [7, 11) is 1.60. The van der Waals surface area contributed by atoms with Gasteiger partial charge in [-0.15, -0.1) is 11.3 Å². The van der Waals surface area contributed by atoms with Crippen molar-refractivity contribution in [2.24, 2.45) is 0 Å². The molecular weight excluding hydrogens is 376 g/mol. The van der Waals surface area contributed by atoms with Gasteiger partial charge in [0, 0.05) is 30.4 Å². The molecule has 0 bridgehead atoms. The molecule has 0 atom stereocenters. The van der Waals surface area contributed by atoms with Crippen LogP contribution in [0.1, 0.15) is 27.9 Å². The second kappa shape index (κ2) is 9.18. The molecule has 0 aliphatic rings. The Hall–Kier alpha value is -3.13. The number of carbonyl (C=O) groups excluding carboxylic acids is 1. The SMILES string of the molecule is CCN(Cc1ccc(OCc2cccs2)c(OC)c1)C(=O)c1nccnc1N. The van der Waals surface area contributed by atoms with Gasteiger partial charge >= 0.3 is 0 Å². The van der Waals surface area contributed by atoms with Gasteiger partial charge in [-0.05, 0) is 36.1 Å². The second-order valence-electron chi connectivity index (χ2n) is 5.96. The minimum absolute atomic E-state index is 0.126. The maximum absolute atomic E-state index is 12.7. The molecule has 0 unspecified atom stereocenters. The number of nitrogens with two attached hydrogens (primary N) is 1. The Kier molecular flexibility index (Phi) is 6.44. The van der Waals surface area contributed by atoms with Crippen molar-refractivity contribution in [1.82, 2.24) is 14.9 Å². The Labute approximate surface area is 167 Å². The lowest BCUT2D eigenvalue weighted by atomic mass is 10.1. The molecule has 0 aliphatic heterocycles. The Morgan fingerprint density at radius 2 is 2.04 bits per heavy atom. The molecule has 0 saturated carbocycles. The van der Waals surface area contributed by atoms with Crippen molar-refractivity contribution in [3.8, 4) is 11.5 Å². The monoisotopic (exact) mass is 398 g/mol. The highest BCUT2D eigenvalue weighted by Gasteiger charge is 2.19. The van der Waals surface area contributed by atoms with Gasteiger partial charge in [-0.2, -0.15) is 0 Å². The molecule has 2 heterocycles. The summed E-state index contributed by atoms with van der Waals surface area (Å²) in [4.78, 5) is 23.5. The first-order valence-electron chi connectivity index (χ1n) is 8.80. The minimum Gasteiger partial charge on any atom is -0.493 e. The first-order chi connectivity index (χ1) is 13.6. The average molecular weight is 398 g/mol. The van der Waals surface area contributed by atoms with Crippen molar-refractivity contribution in [3.63, 3.8) is 0 Å². The number of anilines is 1. The summed E-state index contributed by atoms with van der Waals surface area (Å²) in [5.74, 6) is 1.15. The molecule has 2 N–H and O–H groups in total. The second-order valence-corrected chi connectivity index (χ2v) is 7.00. The number of ether oxygens (including phenoxy) is 2. The van der Waals surface area contributed by atoms with E-state index >= 15 is 0 Å². The summed E-state index contributed by atoms with van der Waals surface area (Å²) >= 11 is 1.64. The number of methoxy groups -OCH3 is 1. The van der Waals surface area contributed by atoms with E-state index in [-0.39, 0.29) is 17.4 Å². The number of benzene rings is 1. The van der Waals surface area contributed by atoms with E-state index in [2.05, 4.69) is 9.97 Å². The molecule has 0 radical (unpaired) electrons. The van der Waals surface area contributed by atoms with Gasteiger partial charge in [-0.25, -0.2) is 9.97 Å². The number of nitrogen functional groups attached to an aromatic ring is 1. The zero-order chi connectivity index (χ0) is 19.9. The first-order valence-corrected chi connectivity index (χ1v) is 9.68. The third kappa shape index (κ3) is 4.58. The van der Waals surface area contributed by atoms with Crippen LogP contribution in [0.5, 0.6) is 11.5 Å². The van der Waals surface area contributed by atoms with Crippen molar-refractivity contribution >= 4 is 23.1 Å². The van der Waals surface area contributed by atoms with Crippen LogP contribution in [0.2, 0.25) is 0 Å². The number of hydrogen-bond donors (Lipinski definition) is 1. The molecule has 3 aromatic rings. The predicted molar refractivity (Wildman–Crippen MR) is 109 cm³/mol. The van der Waals surface area contributed by atoms with Gasteiger partial charge < -0.3 is 20.1 Å². The van der Waals surface area contributed by atoms with Gasteiger partial charge in [-0.1, -0.05) is 12.1 Å². The molecule has 28 heavy (non-hydrogen) atoms. The molecule has 0 fully saturated rings. The van der Waals surface area contributed by atoms with E-state index in [0.717, 1.165) is 10.4 Å². The smallest absolute Gasteiger partial charge is 0.276 e. The van der Waals surface area contributed by atoms with Crippen LogP contribution in [0.25, 0.3) is 0 Å². The van der Waals surface area contributed by atoms with Gasteiger partial charge in [0.2, 0.25) is 0 Å². The molecule has 7 nitrogen and oxygen atoms in total. The molecule has 3 rings (SSSR count). The van der Waals surface area contributed by atoms with E-state index in [4.69, 9.17) is 15.2 Å². The van der Waals surface area contributed by atoms with Crippen LogP contribution in [0, 0.1) is 0 Å². The summed E-state index contributed by atoms with van der Waals surface area (Å²) in [5.41, 5.74) is 6.86. The van der Waals surface area contributed by atoms with Crippen molar-refractivity contribution in [1.29, 1.82) is 0 Å². The first kappa shape index (κ1) is 19.6. The van der Waals surface area contributed by atoms with Crippen molar-refractivity contribution in [2.45, 2.75) is 20.1 Å². The molecule has 1 aromatic carbocycles. The number of carbonyl (C=O) groups is 1. The van der Waals surface area contributed by atoms with Gasteiger partial charge in [-0.3, -0.25) is 4.79 Å². The topological polar surface area (TPSA) is 90.6 Å². The van der Waals surface area contributed by atoms with E-state index in [9.17, 15) is 4.79 Å². The number of nitrogens with zero attached hydrogens (tertiary/aromatic N) is 3. The quantitative estimate of drug-likeness (QED) is 0.626. The Morgan fingerprint density at radius 1 is 1.21 bits per heavy atom. The maximum Gasteiger partial charge on any atom is 0.276 e. The molecule has 0 saturated heterocycles. The lowest BCUT2D eigenvalue weighted by Gasteiger charge is -2.21. The highest BCUT2D eigenvalue weighted by atomic mass is 32.1. The zero-order valence-corrected chi connectivity index (χ0v) is 16.6. The van der Waals surface area contributed by atoms with Crippen LogP contribution in [0.15, 0.2) is 48.1 Å². The third-order valence-electron chi connectivity index (χ3n) is 4.15. The molecule has 1 amide bonds. The van der Waals surface area contributed by atoms with E-state index in [0.29, 0.717) is 31.2 Å². The number of aromatic nitrogens is 2. The Morgan fingerprint density at radius 3 is 2.71 bits per heavy atom. The molecule has 0 aliphatic carbocycles. The van der Waals surface area contributed by atoms with E-state index in [1.54, 1.807) is 23.3 Å². The Bertz CT molecular complexity index is 931. The van der Waals surface area contributed by atoms with Gasteiger partial charge in [0.15, 0.2) is 23.0 Å². The Balaban J connectivity index is 1.73. The number of amides is 1. The van der Waals surface area contributed by atoms with Crippen LogP contribution >= 0.6 is 11.3 Å². The predicted octanol–water partition coefficient (Wildman–Crippen LogP) is 3.37. The summed E-state index contributed by atoms with van der Waals surface area (Å²) in [6, 6.07) is 9.66. The van der Waals surface area contributed by atoms with Crippen LogP contribution in [0.3, 0.4) is 0 Å². The molecule has 8 heteroatoms. The average Bonchev–Trinajstić information content (AvgIpc) is 3.24. The summed E-state index contributed by atoms with van der Waals surface area (Å²) in [6.07, 6.45) is 2.92. The van der Waals surface area contributed by atoms with Gasteiger partial charge in [0.05, 0.1) is 7.11 Å². The van der Waals surface area contributed by atoms with Crippen molar-refractivity contribution in [2.75, 3.05) is 19.4 Å². The fourth-order valence-electron chi connectivity index (χ4n) is 2.68.